The highest BCUT2D eigenvalue weighted by atomic mass is 35.5. The van der Waals surface area contributed by atoms with Gasteiger partial charge in [0, 0.05) is 49.9 Å². The van der Waals surface area contributed by atoms with Gasteiger partial charge < -0.3 is 19.9 Å². The maximum absolute atomic E-state index is 12.6. The highest BCUT2D eigenvalue weighted by Gasteiger charge is 2.17. The molecule has 1 amide bonds. The van der Waals surface area contributed by atoms with E-state index in [2.05, 4.69) is 15.3 Å². The molecule has 3 rings (SSSR count). The van der Waals surface area contributed by atoms with Gasteiger partial charge >= 0.3 is 0 Å². The zero-order chi connectivity index (χ0) is 21.0. The molecular weight excluding hydrogens is 394 g/mol. The molecule has 1 aromatic heterocycles. The van der Waals surface area contributed by atoms with Gasteiger partial charge in [-0.05, 0) is 31.5 Å². The summed E-state index contributed by atoms with van der Waals surface area (Å²) in [6.07, 6.45) is 0.475. The van der Waals surface area contributed by atoms with E-state index in [1.807, 2.05) is 30.0 Å². The third-order valence-corrected chi connectivity index (χ3v) is 5.07. The first-order valence-corrected chi connectivity index (χ1v) is 9.92. The molecule has 1 saturated heterocycles. The number of aryl methyl sites for hydroxylation is 1. The Morgan fingerprint density at radius 2 is 2.07 bits per heavy atom. The maximum atomic E-state index is 12.6. The molecule has 0 spiro atoms. The molecule has 1 aliphatic heterocycles. The Bertz CT molecular complexity index is 938. The van der Waals surface area contributed by atoms with Gasteiger partial charge in [0.2, 0.25) is 11.9 Å². The van der Waals surface area contributed by atoms with Gasteiger partial charge in [-0.3, -0.25) is 14.6 Å². The summed E-state index contributed by atoms with van der Waals surface area (Å²) >= 11 is 6.06. The number of carbonyl (C=O) groups is 1. The SMILES string of the molecule is Cc1nc(N2CCOCC2)[nH]c(=O)c1CCC(=O)Nc1cc(Cl)ccc1N(C)C. The zero-order valence-electron chi connectivity index (χ0n) is 16.9. The minimum Gasteiger partial charge on any atom is -0.378 e. The minimum absolute atomic E-state index is 0.169. The van der Waals surface area contributed by atoms with Gasteiger partial charge in [0.15, 0.2) is 0 Å². The number of aromatic nitrogens is 2. The first kappa shape index (κ1) is 21.1. The van der Waals surface area contributed by atoms with Crippen LogP contribution in [0.1, 0.15) is 17.7 Å². The fourth-order valence-electron chi connectivity index (χ4n) is 3.26. The molecule has 29 heavy (non-hydrogen) atoms. The summed E-state index contributed by atoms with van der Waals surface area (Å²) in [5.41, 5.74) is 2.45. The van der Waals surface area contributed by atoms with Crippen molar-refractivity contribution >= 4 is 34.8 Å². The van der Waals surface area contributed by atoms with E-state index in [0.717, 1.165) is 5.69 Å². The van der Waals surface area contributed by atoms with Crippen LogP contribution in [0.2, 0.25) is 5.02 Å². The zero-order valence-corrected chi connectivity index (χ0v) is 17.7. The van der Waals surface area contributed by atoms with E-state index in [0.29, 0.717) is 60.6 Å². The molecule has 9 heteroatoms. The van der Waals surface area contributed by atoms with Crippen molar-refractivity contribution in [2.45, 2.75) is 19.8 Å². The van der Waals surface area contributed by atoms with E-state index >= 15 is 0 Å². The third kappa shape index (κ3) is 5.27. The number of ether oxygens (including phenoxy) is 1. The molecule has 0 unspecified atom stereocenters. The van der Waals surface area contributed by atoms with Crippen molar-refractivity contribution in [1.82, 2.24) is 9.97 Å². The average molecular weight is 420 g/mol. The van der Waals surface area contributed by atoms with Crippen LogP contribution in [-0.2, 0) is 16.0 Å². The molecule has 156 valence electrons. The van der Waals surface area contributed by atoms with E-state index in [1.54, 1.807) is 19.1 Å². The molecule has 1 fully saturated rings. The second-order valence-electron chi connectivity index (χ2n) is 7.16. The van der Waals surface area contributed by atoms with Crippen molar-refractivity contribution in [2.75, 3.05) is 55.5 Å². The van der Waals surface area contributed by atoms with Crippen LogP contribution in [-0.4, -0.2) is 56.3 Å². The number of benzene rings is 1. The molecule has 0 atom stereocenters. The summed E-state index contributed by atoms with van der Waals surface area (Å²) in [4.78, 5) is 36.3. The molecule has 0 bridgehead atoms. The van der Waals surface area contributed by atoms with Crippen molar-refractivity contribution in [3.8, 4) is 0 Å². The van der Waals surface area contributed by atoms with Crippen molar-refractivity contribution in [3.63, 3.8) is 0 Å². The number of hydrogen-bond acceptors (Lipinski definition) is 6. The summed E-state index contributed by atoms with van der Waals surface area (Å²) in [5, 5.41) is 3.43. The first-order chi connectivity index (χ1) is 13.8. The van der Waals surface area contributed by atoms with E-state index in [1.165, 1.54) is 0 Å². The van der Waals surface area contributed by atoms with E-state index in [4.69, 9.17) is 16.3 Å². The van der Waals surface area contributed by atoms with Crippen LogP contribution in [0.15, 0.2) is 23.0 Å². The maximum Gasteiger partial charge on any atom is 0.255 e. The van der Waals surface area contributed by atoms with Crippen LogP contribution in [0.4, 0.5) is 17.3 Å². The highest BCUT2D eigenvalue weighted by Crippen LogP contribution is 2.28. The van der Waals surface area contributed by atoms with Crippen LogP contribution in [0.5, 0.6) is 0 Å². The van der Waals surface area contributed by atoms with Gasteiger partial charge in [0.05, 0.1) is 24.6 Å². The molecule has 1 aliphatic rings. The molecule has 2 heterocycles. The summed E-state index contributed by atoms with van der Waals surface area (Å²) in [6, 6.07) is 5.34. The number of rotatable bonds is 6. The minimum atomic E-state index is -0.205. The van der Waals surface area contributed by atoms with Crippen LogP contribution in [0.3, 0.4) is 0 Å². The quantitative estimate of drug-likeness (QED) is 0.746. The van der Waals surface area contributed by atoms with Gasteiger partial charge in [0.1, 0.15) is 0 Å². The van der Waals surface area contributed by atoms with Crippen molar-refractivity contribution < 1.29 is 9.53 Å². The van der Waals surface area contributed by atoms with Crippen LogP contribution >= 0.6 is 11.6 Å². The highest BCUT2D eigenvalue weighted by molar-refractivity contribution is 6.31. The van der Waals surface area contributed by atoms with Crippen LogP contribution in [0.25, 0.3) is 0 Å². The normalized spacial score (nSPS) is 14.0. The lowest BCUT2D eigenvalue weighted by atomic mass is 10.1. The number of anilines is 3. The van der Waals surface area contributed by atoms with Gasteiger partial charge in [-0.15, -0.1) is 0 Å². The molecule has 0 radical (unpaired) electrons. The lowest BCUT2D eigenvalue weighted by Gasteiger charge is -2.27. The van der Waals surface area contributed by atoms with Crippen molar-refractivity contribution in [3.05, 3.63) is 44.8 Å². The predicted octanol–water partition coefficient (Wildman–Crippen LogP) is 2.21. The van der Waals surface area contributed by atoms with Crippen LogP contribution < -0.4 is 20.7 Å². The summed E-state index contributed by atoms with van der Waals surface area (Å²) in [6.45, 7) is 4.41. The number of aromatic amines is 1. The monoisotopic (exact) mass is 419 g/mol. The van der Waals surface area contributed by atoms with Gasteiger partial charge in [0.25, 0.3) is 5.56 Å². The molecule has 0 saturated carbocycles. The van der Waals surface area contributed by atoms with E-state index in [9.17, 15) is 9.59 Å². The van der Waals surface area contributed by atoms with Gasteiger partial charge in [-0.2, -0.15) is 0 Å². The number of carbonyl (C=O) groups excluding carboxylic acids is 1. The smallest absolute Gasteiger partial charge is 0.255 e. The fraction of sp³-hybridized carbons (Fsp3) is 0.450. The molecule has 8 nitrogen and oxygen atoms in total. The summed E-state index contributed by atoms with van der Waals surface area (Å²) in [5.74, 6) is 0.366. The Balaban J connectivity index is 1.68. The predicted molar refractivity (Wildman–Crippen MR) is 115 cm³/mol. The van der Waals surface area contributed by atoms with Crippen molar-refractivity contribution in [2.24, 2.45) is 0 Å². The van der Waals surface area contributed by atoms with Crippen molar-refractivity contribution in [1.29, 1.82) is 0 Å². The number of H-pyrrole nitrogens is 1. The second-order valence-corrected chi connectivity index (χ2v) is 7.59. The fourth-order valence-corrected chi connectivity index (χ4v) is 3.44. The number of amides is 1. The van der Waals surface area contributed by atoms with Crippen LogP contribution in [0, 0.1) is 6.92 Å². The average Bonchev–Trinajstić information content (AvgIpc) is 2.67. The number of nitrogens with one attached hydrogen (secondary N) is 2. The largest absolute Gasteiger partial charge is 0.378 e. The number of halogens is 1. The number of nitrogens with zero attached hydrogens (tertiary/aromatic N) is 3. The summed E-state index contributed by atoms with van der Waals surface area (Å²) < 4.78 is 5.33. The molecular formula is C20H26ClN5O3. The summed E-state index contributed by atoms with van der Waals surface area (Å²) in [7, 11) is 3.78. The lowest BCUT2D eigenvalue weighted by Crippen LogP contribution is -2.38. The Morgan fingerprint density at radius 3 is 2.72 bits per heavy atom. The Hall–Kier alpha value is -2.58. The first-order valence-electron chi connectivity index (χ1n) is 9.54. The van der Waals surface area contributed by atoms with Gasteiger partial charge in [-0.25, -0.2) is 4.98 Å². The standard InChI is InChI=1S/C20H26ClN5O3/c1-13-15(19(28)24-20(22-13)26-8-10-29-11-9-26)5-7-18(27)23-16-12-14(21)4-6-17(16)25(2)3/h4,6,12H,5,7-11H2,1-3H3,(H,23,27)(H,22,24,28). The molecule has 2 aromatic rings. The second kappa shape index (κ2) is 9.28. The topological polar surface area (TPSA) is 90.6 Å². The molecule has 1 aromatic carbocycles. The Labute approximate surface area is 174 Å². The van der Waals surface area contributed by atoms with E-state index in [-0.39, 0.29) is 17.9 Å². The Morgan fingerprint density at radius 1 is 1.34 bits per heavy atom. The Kier molecular flexibility index (Phi) is 6.76. The molecule has 2 N–H and O–H groups in total. The number of hydrogen-bond donors (Lipinski definition) is 2. The molecule has 0 aliphatic carbocycles. The number of morpholine rings is 1. The third-order valence-electron chi connectivity index (χ3n) is 4.84. The van der Waals surface area contributed by atoms with E-state index < -0.39 is 0 Å². The van der Waals surface area contributed by atoms with Gasteiger partial charge in [-0.1, -0.05) is 11.6 Å². The lowest BCUT2D eigenvalue weighted by molar-refractivity contribution is -0.116.